The maximum absolute atomic E-state index is 12.1. The monoisotopic (exact) mass is 289 g/mol. The fraction of sp³-hybridized carbons (Fsp3) is 0.588. The van der Waals surface area contributed by atoms with Gasteiger partial charge in [-0.05, 0) is 37.9 Å². The quantitative estimate of drug-likeness (QED) is 0.836. The number of nitrogens with one attached hydrogen (secondary N) is 2. The van der Waals surface area contributed by atoms with Gasteiger partial charge in [0.25, 0.3) is 0 Å². The predicted octanol–water partition coefficient (Wildman–Crippen LogP) is 1.59. The molecule has 1 heterocycles. The Morgan fingerprint density at radius 2 is 2.14 bits per heavy atom. The Labute approximate surface area is 127 Å². The van der Waals surface area contributed by atoms with Crippen LogP contribution in [0.25, 0.3) is 0 Å². The van der Waals surface area contributed by atoms with Gasteiger partial charge in [-0.2, -0.15) is 0 Å². The molecule has 2 unspecified atom stereocenters. The zero-order chi connectivity index (χ0) is 15.1. The minimum absolute atomic E-state index is 0.134. The number of hydrogen-bond donors (Lipinski definition) is 2. The number of amides is 1. The third kappa shape index (κ3) is 5.14. The lowest BCUT2D eigenvalue weighted by molar-refractivity contribution is -0.122. The fourth-order valence-electron chi connectivity index (χ4n) is 2.86. The minimum Gasteiger partial charge on any atom is -0.354 e. The van der Waals surface area contributed by atoms with E-state index in [-0.39, 0.29) is 5.91 Å². The topological polar surface area (TPSA) is 44.4 Å². The molecular weight excluding hydrogens is 262 g/mol. The molecular formula is C17H27N3O. The number of carbonyl (C=O) groups is 1. The lowest BCUT2D eigenvalue weighted by Gasteiger charge is -2.32. The predicted molar refractivity (Wildman–Crippen MR) is 86.4 cm³/mol. The number of nitrogens with zero attached hydrogens (tertiary/aromatic N) is 1. The summed E-state index contributed by atoms with van der Waals surface area (Å²) in [5, 5.41) is 6.37. The van der Waals surface area contributed by atoms with E-state index >= 15 is 0 Å². The minimum atomic E-state index is 0.134. The number of rotatable bonds is 6. The lowest BCUT2D eigenvalue weighted by Crippen LogP contribution is -2.48. The summed E-state index contributed by atoms with van der Waals surface area (Å²) in [4.78, 5) is 14.3. The van der Waals surface area contributed by atoms with Crippen LogP contribution in [0.15, 0.2) is 30.3 Å². The molecule has 1 amide bonds. The molecule has 0 bridgehead atoms. The van der Waals surface area contributed by atoms with Gasteiger partial charge in [0, 0.05) is 19.1 Å². The highest BCUT2D eigenvalue weighted by molar-refractivity contribution is 5.78. The first-order chi connectivity index (χ1) is 10.2. The van der Waals surface area contributed by atoms with Crippen LogP contribution in [-0.4, -0.2) is 50.1 Å². The highest BCUT2D eigenvalue weighted by Crippen LogP contribution is 2.13. The van der Waals surface area contributed by atoms with Crippen molar-refractivity contribution in [2.24, 2.45) is 0 Å². The normalized spacial score (nSPS) is 21.0. The molecule has 4 heteroatoms. The average molecular weight is 289 g/mol. The third-order valence-corrected chi connectivity index (χ3v) is 4.25. The molecule has 1 fully saturated rings. The smallest absolute Gasteiger partial charge is 0.234 e. The largest absolute Gasteiger partial charge is 0.354 e. The molecule has 0 spiro atoms. The molecule has 1 aliphatic rings. The SMILES string of the molecule is CNC1CCCN(CC(=O)NCC(C)c2ccccc2)C1. The van der Waals surface area contributed by atoms with Crippen molar-refractivity contribution < 1.29 is 4.79 Å². The van der Waals surface area contributed by atoms with Gasteiger partial charge in [-0.3, -0.25) is 9.69 Å². The van der Waals surface area contributed by atoms with E-state index in [4.69, 9.17) is 0 Å². The number of carbonyl (C=O) groups excluding carboxylic acids is 1. The lowest BCUT2D eigenvalue weighted by atomic mass is 10.0. The van der Waals surface area contributed by atoms with Gasteiger partial charge in [-0.15, -0.1) is 0 Å². The summed E-state index contributed by atoms with van der Waals surface area (Å²) in [5.74, 6) is 0.482. The summed E-state index contributed by atoms with van der Waals surface area (Å²) in [6, 6.07) is 10.8. The Kier molecular flexibility index (Phi) is 6.21. The van der Waals surface area contributed by atoms with E-state index in [0.29, 0.717) is 25.0 Å². The van der Waals surface area contributed by atoms with E-state index in [1.165, 1.54) is 18.4 Å². The molecule has 2 rings (SSSR count). The molecule has 0 radical (unpaired) electrons. The van der Waals surface area contributed by atoms with Crippen LogP contribution in [-0.2, 0) is 4.79 Å². The average Bonchev–Trinajstić information content (AvgIpc) is 2.53. The first-order valence-corrected chi connectivity index (χ1v) is 7.90. The molecule has 21 heavy (non-hydrogen) atoms. The van der Waals surface area contributed by atoms with Crippen LogP contribution in [0.2, 0.25) is 0 Å². The van der Waals surface area contributed by atoms with Gasteiger partial charge in [-0.25, -0.2) is 0 Å². The number of piperidine rings is 1. The van der Waals surface area contributed by atoms with Crippen LogP contribution >= 0.6 is 0 Å². The van der Waals surface area contributed by atoms with E-state index in [9.17, 15) is 4.79 Å². The first-order valence-electron chi connectivity index (χ1n) is 7.90. The number of benzene rings is 1. The summed E-state index contributed by atoms with van der Waals surface area (Å²) in [7, 11) is 2.00. The van der Waals surface area contributed by atoms with E-state index in [2.05, 4.69) is 34.6 Å². The van der Waals surface area contributed by atoms with Crippen LogP contribution in [0.3, 0.4) is 0 Å². The van der Waals surface area contributed by atoms with Crippen LogP contribution in [0.4, 0.5) is 0 Å². The standard InChI is InChI=1S/C17H27N3O/c1-14(15-7-4-3-5-8-15)11-19-17(21)13-20-10-6-9-16(12-20)18-2/h3-5,7-8,14,16,18H,6,9-13H2,1-2H3,(H,19,21). The Balaban J connectivity index is 1.72. The summed E-state index contributed by atoms with van der Waals surface area (Å²) in [5.41, 5.74) is 1.27. The van der Waals surface area contributed by atoms with Crippen LogP contribution in [0.5, 0.6) is 0 Å². The molecule has 1 aliphatic heterocycles. The Morgan fingerprint density at radius 3 is 2.86 bits per heavy atom. The number of likely N-dealkylation sites (tertiary alicyclic amines) is 1. The second-order valence-corrected chi connectivity index (χ2v) is 5.98. The van der Waals surface area contributed by atoms with E-state index in [1.54, 1.807) is 0 Å². The maximum atomic E-state index is 12.1. The molecule has 1 aromatic rings. The highest BCUT2D eigenvalue weighted by Gasteiger charge is 2.20. The van der Waals surface area contributed by atoms with Crippen molar-refractivity contribution in [2.45, 2.75) is 31.7 Å². The molecule has 4 nitrogen and oxygen atoms in total. The maximum Gasteiger partial charge on any atom is 0.234 e. The van der Waals surface area contributed by atoms with E-state index in [0.717, 1.165) is 13.1 Å². The van der Waals surface area contributed by atoms with Gasteiger partial charge in [0.1, 0.15) is 0 Å². The second kappa shape index (κ2) is 8.15. The molecule has 1 saturated heterocycles. The Bertz CT molecular complexity index is 435. The van der Waals surface area contributed by atoms with Gasteiger partial charge in [0.15, 0.2) is 0 Å². The van der Waals surface area contributed by atoms with Crippen molar-refractivity contribution in [1.82, 2.24) is 15.5 Å². The van der Waals surface area contributed by atoms with E-state index in [1.807, 2.05) is 25.2 Å². The van der Waals surface area contributed by atoms with Crippen molar-refractivity contribution in [2.75, 3.05) is 33.2 Å². The van der Waals surface area contributed by atoms with Gasteiger partial charge in [0.2, 0.25) is 5.91 Å². The fourth-order valence-corrected chi connectivity index (χ4v) is 2.86. The highest BCUT2D eigenvalue weighted by atomic mass is 16.2. The van der Waals surface area contributed by atoms with Crippen LogP contribution in [0.1, 0.15) is 31.2 Å². The molecule has 2 N–H and O–H groups in total. The zero-order valence-electron chi connectivity index (χ0n) is 13.1. The van der Waals surface area contributed by atoms with Crippen LogP contribution in [0, 0.1) is 0 Å². The summed E-state index contributed by atoms with van der Waals surface area (Å²) in [6.45, 7) is 5.36. The molecule has 1 aromatic carbocycles. The first kappa shape index (κ1) is 16.0. The van der Waals surface area contributed by atoms with Crippen molar-refractivity contribution >= 4 is 5.91 Å². The molecule has 116 valence electrons. The van der Waals surface area contributed by atoms with Crippen molar-refractivity contribution in [3.63, 3.8) is 0 Å². The summed E-state index contributed by atoms with van der Waals surface area (Å²) in [6.07, 6.45) is 2.37. The van der Waals surface area contributed by atoms with Gasteiger partial charge >= 0.3 is 0 Å². The Morgan fingerprint density at radius 1 is 1.38 bits per heavy atom. The zero-order valence-corrected chi connectivity index (χ0v) is 13.1. The second-order valence-electron chi connectivity index (χ2n) is 5.98. The third-order valence-electron chi connectivity index (χ3n) is 4.25. The van der Waals surface area contributed by atoms with Gasteiger partial charge in [0.05, 0.1) is 6.54 Å². The molecule has 0 aliphatic carbocycles. The number of likely N-dealkylation sites (N-methyl/N-ethyl adjacent to an activating group) is 1. The summed E-state index contributed by atoms with van der Waals surface area (Å²) >= 11 is 0. The van der Waals surface area contributed by atoms with Crippen molar-refractivity contribution in [1.29, 1.82) is 0 Å². The van der Waals surface area contributed by atoms with Gasteiger partial charge < -0.3 is 10.6 Å². The molecule has 0 saturated carbocycles. The molecule has 0 aromatic heterocycles. The molecule has 2 atom stereocenters. The summed E-state index contributed by atoms with van der Waals surface area (Å²) < 4.78 is 0. The van der Waals surface area contributed by atoms with Crippen molar-refractivity contribution in [3.8, 4) is 0 Å². The number of hydrogen-bond acceptors (Lipinski definition) is 3. The van der Waals surface area contributed by atoms with Crippen LogP contribution < -0.4 is 10.6 Å². The van der Waals surface area contributed by atoms with E-state index < -0.39 is 0 Å². The van der Waals surface area contributed by atoms with Crippen molar-refractivity contribution in [3.05, 3.63) is 35.9 Å². The Hall–Kier alpha value is -1.39. The van der Waals surface area contributed by atoms with Gasteiger partial charge in [-0.1, -0.05) is 37.3 Å².